The molecule has 0 aliphatic carbocycles. The average molecular weight is 310 g/mol. The van der Waals surface area contributed by atoms with Gasteiger partial charge in [-0.25, -0.2) is 0 Å². The van der Waals surface area contributed by atoms with Gasteiger partial charge in [0.2, 0.25) is 11.1 Å². The van der Waals surface area contributed by atoms with Gasteiger partial charge >= 0.3 is 38.7 Å². The Kier molecular flexibility index (Phi) is 4.30. The van der Waals surface area contributed by atoms with Gasteiger partial charge in [0.1, 0.15) is 5.75 Å². The van der Waals surface area contributed by atoms with E-state index in [0.29, 0.717) is 17.2 Å². The van der Waals surface area contributed by atoms with Crippen molar-refractivity contribution >= 4 is 13.5 Å². The van der Waals surface area contributed by atoms with Crippen LogP contribution in [0.2, 0.25) is 0 Å². The number of diazo groups is 1. The van der Waals surface area contributed by atoms with Crippen LogP contribution in [0.4, 0.5) is 30.9 Å². The minimum absolute atomic E-state index is 0.387. The van der Waals surface area contributed by atoms with Crippen molar-refractivity contribution in [2.24, 2.45) is 0 Å². The second kappa shape index (κ2) is 4.74. The Morgan fingerprint density at radius 1 is 1.00 bits per heavy atom. The molecule has 0 heterocycles. The van der Waals surface area contributed by atoms with Crippen LogP contribution in [0.1, 0.15) is 0 Å². The first-order valence-corrected chi connectivity index (χ1v) is 6.43. The molecule has 0 unspecified atom stereocenters. The first-order chi connectivity index (χ1) is 8.26. The molecule has 1 aromatic carbocycles. The molecule has 0 amide bonds. The summed E-state index contributed by atoms with van der Waals surface area (Å²) in [4.78, 5) is 3.04. The van der Waals surface area contributed by atoms with Crippen LogP contribution in [-0.2, 0) is 0 Å². The fourth-order valence-electron chi connectivity index (χ4n) is 0.868. The van der Waals surface area contributed by atoms with Crippen molar-refractivity contribution in [3.8, 4) is 11.5 Å². The Hall–Kier alpha value is -1.75. The molecule has 0 saturated carbocycles. The monoisotopic (exact) mass is 310 g/mol. The molecule has 0 radical (unpaired) electrons. The van der Waals surface area contributed by atoms with E-state index in [1.807, 2.05) is 0 Å². The van der Waals surface area contributed by atoms with Crippen molar-refractivity contribution in [1.29, 1.82) is 5.39 Å². The van der Waals surface area contributed by atoms with Gasteiger partial charge in [0.05, 0.1) is 14.2 Å². The van der Waals surface area contributed by atoms with Crippen molar-refractivity contribution in [2.75, 3.05) is 14.2 Å². The van der Waals surface area contributed by atoms with E-state index in [2.05, 4.69) is 4.98 Å². The summed E-state index contributed by atoms with van der Waals surface area (Å²) >= 11 is 0. The van der Waals surface area contributed by atoms with Crippen LogP contribution in [0.3, 0.4) is 0 Å². The van der Waals surface area contributed by atoms with Gasteiger partial charge in [-0.1, -0.05) is 0 Å². The molecule has 1 rings (SSSR count). The Morgan fingerprint density at radius 2 is 1.47 bits per heavy atom. The zero-order valence-electron chi connectivity index (χ0n) is 9.66. The van der Waals surface area contributed by atoms with Crippen LogP contribution >= 0.6 is 7.81 Å². The zero-order valence-corrected chi connectivity index (χ0v) is 10.6. The topological polar surface area (TPSA) is 46.6 Å². The van der Waals surface area contributed by atoms with Crippen LogP contribution in [0.25, 0.3) is 4.98 Å². The van der Waals surface area contributed by atoms with Gasteiger partial charge in [-0.3, -0.25) is 0 Å². The third-order valence-corrected chi connectivity index (χ3v) is 1.49. The molecule has 0 fully saturated rings. The minimum atomic E-state index is -10.7. The summed E-state index contributed by atoms with van der Waals surface area (Å²) in [5.41, 5.74) is 0.387. The van der Waals surface area contributed by atoms with Gasteiger partial charge in [0, 0.05) is 12.1 Å². The van der Waals surface area contributed by atoms with E-state index in [-0.39, 0.29) is 0 Å². The number of ether oxygens (including phenoxy) is 2. The molecular formula is C8H9F6N2O2P. The van der Waals surface area contributed by atoms with E-state index < -0.39 is 7.81 Å². The van der Waals surface area contributed by atoms with Crippen molar-refractivity contribution in [3.05, 3.63) is 23.2 Å². The van der Waals surface area contributed by atoms with E-state index in [1.165, 1.54) is 7.11 Å². The predicted molar refractivity (Wildman–Crippen MR) is 57.9 cm³/mol. The number of halogens is 6. The molecule has 0 saturated heterocycles. The number of rotatable bonds is 2. The number of benzene rings is 1. The van der Waals surface area contributed by atoms with Gasteiger partial charge in [0.15, 0.2) is 4.98 Å². The summed E-state index contributed by atoms with van der Waals surface area (Å²) in [6, 6.07) is 4.95. The molecule has 0 bridgehead atoms. The zero-order chi connectivity index (χ0) is 15.4. The summed E-state index contributed by atoms with van der Waals surface area (Å²) in [6.07, 6.45) is 0. The van der Waals surface area contributed by atoms with E-state index in [0.717, 1.165) is 0 Å². The number of methoxy groups -OCH3 is 2. The van der Waals surface area contributed by atoms with Gasteiger partial charge in [-0.15, -0.1) is 0 Å². The molecule has 0 spiro atoms. The average Bonchev–Trinajstić information content (AvgIpc) is 2.23. The van der Waals surface area contributed by atoms with E-state index in [4.69, 9.17) is 14.9 Å². The van der Waals surface area contributed by atoms with E-state index in [1.54, 1.807) is 25.3 Å². The van der Waals surface area contributed by atoms with E-state index in [9.17, 15) is 25.2 Å². The van der Waals surface area contributed by atoms with Crippen LogP contribution in [0, 0.1) is 5.39 Å². The third kappa shape index (κ3) is 11.1. The Bertz CT molecular complexity index is 484. The van der Waals surface area contributed by atoms with Crippen LogP contribution in [-0.4, -0.2) is 14.2 Å². The SMILES string of the molecule is COc1ccc([N+]#N)c(OC)c1.F[P-](F)(F)(F)(F)F. The summed E-state index contributed by atoms with van der Waals surface area (Å²) in [7, 11) is -7.59. The van der Waals surface area contributed by atoms with Gasteiger partial charge in [-0.2, -0.15) is 0 Å². The Labute approximate surface area is 103 Å². The first kappa shape index (κ1) is 17.2. The Morgan fingerprint density at radius 3 is 1.79 bits per heavy atom. The Balaban J connectivity index is 0.000000399. The molecule has 0 aromatic heterocycles. The predicted octanol–water partition coefficient (Wildman–Crippen LogP) is 5.57. The fourth-order valence-corrected chi connectivity index (χ4v) is 0.868. The molecule has 0 aliphatic heterocycles. The maximum absolute atomic E-state index is 10.7. The van der Waals surface area contributed by atoms with Crippen LogP contribution in [0.5, 0.6) is 11.5 Å². The molecule has 0 N–H and O–H groups in total. The van der Waals surface area contributed by atoms with Crippen molar-refractivity contribution in [2.45, 2.75) is 0 Å². The molecule has 1 aromatic rings. The van der Waals surface area contributed by atoms with Crippen LogP contribution < -0.4 is 9.47 Å². The molecule has 0 atom stereocenters. The van der Waals surface area contributed by atoms with Gasteiger partial charge in [-0.05, 0) is 6.07 Å². The van der Waals surface area contributed by atoms with Crippen LogP contribution in [0.15, 0.2) is 18.2 Å². The summed E-state index contributed by atoms with van der Waals surface area (Å²) in [5.74, 6) is 1.15. The molecule has 19 heavy (non-hydrogen) atoms. The van der Waals surface area contributed by atoms with Crippen molar-refractivity contribution < 1.29 is 34.7 Å². The maximum atomic E-state index is 9.87. The summed E-state index contributed by atoms with van der Waals surface area (Å²) < 4.78 is 69.1. The van der Waals surface area contributed by atoms with Crippen molar-refractivity contribution in [1.82, 2.24) is 0 Å². The molecule has 11 heteroatoms. The third-order valence-electron chi connectivity index (χ3n) is 1.49. The fraction of sp³-hybridized carbons (Fsp3) is 0.250. The summed E-state index contributed by atoms with van der Waals surface area (Å²) in [6.45, 7) is 0. The van der Waals surface area contributed by atoms with Gasteiger partial charge < -0.3 is 9.47 Å². The normalized spacial score (nSPS) is 14.1. The number of hydrogen-bond acceptors (Lipinski definition) is 3. The molecule has 0 aliphatic rings. The summed E-state index contributed by atoms with van der Waals surface area (Å²) in [5, 5.41) is 8.52. The first-order valence-electron chi connectivity index (χ1n) is 4.40. The number of hydrogen-bond donors (Lipinski definition) is 0. The van der Waals surface area contributed by atoms with Crippen molar-refractivity contribution in [3.63, 3.8) is 0 Å². The molecule has 4 nitrogen and oxygen atoms in total. The molecular weight excluding hydrogens is 301 g/mol. The standard InChI is InChI=1S/C8H9N2O2.F6P/c1-11-6-3-4-7(10-9)8(5-6)12-2;1-7(2,3,4,5)6/h3-5H,1-2H3;/q+1;-1. The second-order valence-electron chi connectivity index (χ2n) is 3.10. The quantitative estimate of drug-likeness (QED) is 0.407. The second-order valence-corrected chi connectivity index (χ2v) is 5.01. The van der Waals surface area contributed by atoms with E-state index >= 15 is 0 Å². The van der Waals surface area contributed by atoms with Gasteiger partial charge in [0.25, 0.3) is 0 Å². The number of nitrogens with zero attached hydrogens (tertiary/aromatic N) is 2. The molecule has 110 valence electrons.